The fraction of sp³-hybridized carbons (Fsp3) is 0.871. The number of quaternary nitrogens is 1. The number of allylic oxidation sites excluding steroid dienone is 6. The predicted molar refractivity (Wildman–Crippen MR) is 337 cm³/mol. The van der Waals surface area contributed by atoms with Crippen LogP contribution in [0.5, 0.6) is 0 Å². The molecular formula is C70H132NO8+. The van der Waals surface area contributed by atoms with Crippen molar-refractivity contribution in [3.05, 3.63) is 36.5 Å². The summed E-state index contributed by atoms with van der Waals surface area (Å²) >= 11 is 0. The van der Waals surface area contributed by atoms with Crippen LogP contribution in [0.2, 0.25) is 0 Å². The number of rotatable bonds is 64. The van der Waals surface area contributed by atoms with Crippen LogP contribution in [0, 0.1) is 0 Å². The minimum absolute atomic E-state index is 0.180. The quantitative estimate of drug-likeness (QED) is 0.0211. The number of aliphatic carboxylic acids is 1. The number of esters is 2. The largest absolute Gasteiger partial charge is 0.477 e. The van der Waals surface area contributed by atoms with Crippen molar-refractivity contribution in [2.75, 3.05) is 47.5 Å². The Morgan fingerprint density at radius 1 is 0.380 bits per heavy atom. The highest BCUT2D eigenvalue weighted by Crippen LogP contribution is 2.18. The first kappa shape index (κ1) is 76.5. The van der Waals surface area contributed by atoms with Gasteiger partial charge in [0.15, 0.2) is 6.10 Å². The van der Waals surface area contributed by atoms with Gasteiger partial charge in [-0.1, -0.05) is 288 Å². The van der Waals surface area contributed by atoms with E-state index in [1.807, 2.05) is 21.1 Å². The zero-order chi connectivity index (χ0) is 57.6. The molecule has 0 fully saturated rings. The van der Waals surface area contributed by atoms with Gasteiger partial charge in [0.25, 0.3) is 6.29 Å². The number of carboxylic acids is 1. The molecule has 0 aliphatic carbocycles. The van der Waals surface area contributed by atoms with Crippen molar-refractivity contribution in [2.24, 2.45) is 0 Å². The van der Waals surface area contributed by atoms with Crippen LogP contribution in [-0.2, 0) is 33.3 Å². The molecular weight excluding hydrogens is 983 g/mol. The number of hydrogen-bond acceptors (Lipinski definition) is 7. The lowest BCUT2D eigenvalue weighted by Crippen LogP contribution is -2.40. The number of nitrogens with zero attached hydrogens (tertiary/aromatic N) is 1. The average Bonchev–Trinajstić information content (AvgIpc) is 3.42. The van der Waals surface area contributed by atoms with E-state index in [1.54, 1.807) is 0 Å². The average molecular weight is 1120 g/mol. The second-order valence-corrected chi connectivity index (χ2v) is 24.5. The number of ether oxygens (including phenoxy) is 4. The third-order valence-corrected chi connectivity index (χ3v) is 15.4. The van der Waals surface area contributed by atoms with Crippen molar-refractivity contribution in [3.8, 4) is 0 Å². The predicted octanol–water partition coefficient (Wildman–Crippen LogP) is 20.8. The lowest BCUT2D eigenvalue weighted by atomic mass is 10.0. The smallest absolute Gasteiger partial charge is 0.361 e. The molecule has 0 spiro atoms. The Morgan fingerprint density at radius 3 is 1.01 bits per heavy atom. The first-order chi connectivity index (χ1) is 38.6. The molecule has 0 bridgehead atoms. The highest BCUT2D eigenvalue weighted by molar-refractivity contribution is 5.71. The molecule has 0 heterocycles. The Morgan fingerprint density at radius 2 is 0.684 bits per heavy atom. The monoisotopic (exact) mass is 1110 g/mol. The van der Waals surface area contributed by atoms with E-state index in [9.17, 15) is 19.5 Å². The zero-order valence-corrected chi connectivity index (χ0v) is 53.1. The highest BCUT2D eigenvalue weighted by atomic mass is 16.7. The van der Waals surface area contributed by atoms with Gasteiger partial charge in [0, 0.05) is 12.8 Å². The van der Waals surface area contributed by atoms with Gasteiger partial charge in [0.2, 0.25) is 0 Å². The number of likely N-dealkylation sites (N-methyl/N-ethyl adjacent to an activating group) is 1. The molecule has 2 unspecified atom stereocenters. The summed E-state index contributed by atoms with van der Waals surface area (Å²) in [6, 6.07) is 0. The van der Waals surface area contributed by atoms with Gasteiger partial charge in [-0.2, -0.15) is 0 Å². The van der Waals surface area contributed by atoms with Crippen LogP contribution in [0.3, 0.4) is 0 Å². The Bertz CT molecular complexity index is 1390. The van der Waals surface area contributed by atoms with E-state index in [1.165, 1.54) is 257 Å². The summed E-state index contributed by atoms with van der Waals surface area (Å²) in [5.74, 6) is -1.99. The molecule has 0 amide bonds. The van der Waals surface area contributed by atoms with Gasteiger partial charge in [-0.3, -0.25) is 9.59 Å². The zero-order valence-electron chi connectivity index (χ0n) is 53.1. The van der Waals surface area contributed by atoms with Crippen molar-refractivity contribution >= 4 is 17.9 Å². The van der Waals surface area contributed by atoms with Gasteiger partial charge in [0.05, 0.1) is 34.4 Å². The van der Waals surface area contributed by atoms with Crippen molar-refractivity contribution in [1.82, 2.24) is 0 Å². The van der Waals surface area contributed by atoms with Crippen molar-refractivity contribution < 1.29 is 42.9 Å². The summed E-state index contributed by atoms with van der Waals surface area (Å²) in [7, 11) is 5.98. The minimum Gasteiger partial charge on any atom is -0.477 e. The van der Waals surface area contributed by atoms with Crippen LogP contribution in [0.1, 0.15) is 335 Å². The molecule has 0 radical (unpaired) electrons. The molecule has 9 nitrogen and oxygen atoms in total. The van der Waals surface area contributed by atoms with E-state index < -0.39 is 24.3 Å². The Balaban J connectivity index is 4.05. The minimum atomic E-state index is -1.51. The number of unbranched alkanes of at least 4 members (excludes halogenated alkanes) is 43. The molecule has 0 aromatic heterocycles. The number of carbonyl (C=O) groups excluding carboxylic acids is 2. The van der Waals surface area contributed by atoms with Crippen LogP contribution in [0.15, 0.2) is 36.5 Å². The van der Waals surface area contributed by atoms with E-state index in [2.05, 4.69) is 50.3 Å². The standard InChI is InChI=1S/C70H131NO8/c1-6-8-10-12-14-16-18-20-22-24-26-28-29-30-31-32-33-34-35-36-37-38-39-41-42-44-46-48-50-52-54-56-58-60-67(72)77-64-66(65-78-70(69(74)75)76-63-62-71(3,4)5)79-68(73)61-59-57-55-53-51-49-47-45-43-40-27-25-23-21-19-17-15-13-11-9-7-2/h19,21,24-27,66,70H,6-18,20,22-23,28-65H2,1-5H3/p+1/b21-19-,26-24-,27-25-. The number of carboxylic acid groups (broad SMARTS) is 1. The third kappa shape index (κ3) is 63.0. The van der Waals surface area contributed by atoms with E-state index in [-0.39, 0.29) is 32.2 Å². The molecule has 0 aliphatic heterocycles. The summed E-state index contributed by atoms with van der Waals surface area (Å²) < 4.78 is 23.0. The molecule has 0 saturated heterocycles. The third-order valence-electron chi connectivity index (χ3n) is 15.4. The van der Waals surface area contributed by atoms with Gasteiger partial charge in [-0.25, -0.2) is 4.79 Å². The maximum absolute atomic E-state index is 12.9. The highest BCUT2D eigenvalue weighted by Gasteiger charge is 2.25. The first-order valence-corrected chi connectivity index (χ1v) is 34.2. The van der Waals surface area contributed by atoms with E-state index in [0.717, 1.165) is 51.4 Å². The molecule has 0 rings (SSSR count). The van der Waals surface area contributed by atoms with Crippen LogP contribution in [-0.4, -0.2) is 87.4 Å². The summed E-state index contributed by atoms with van der Waals surface area (Å²) in [6.45, 7) is 4.92. The lowest BCUT2D eigenvalue weighted by Gasteiger charge is -2.25. The Labute approximate surface area is 490 Å². The van der Waals surface area contributed by atoms with E-state index >= 15 is 0 Å². The Hall–Kier alpha value is -2.49. The molecule has 79 heavy (non-hydrogen) atoms. The van der Waals surface area contributed by atoms with Gasteiger partial charge in [-0.15, -0.1) is 0 Å². The maximum Gasteiger partial charge on any atom is 0.361 e. The van der Waals surface area contributed by atoms with Crippen LogP contribution >= 0.6 is 0 Å². The topological polar surface area (TPSA) is 108 Å². The van der Waals surface area contributed by atoms with E-state index in [4.69, 9.17) is 18.9 Å². The normalized spacial score (nSPS) is 12.9. The fourth-order valence-corrected chi connectivity index (χ4v) is 10.1. The molecule has 1 N–H and O–H groups in total. The van der Waals surface area contributed by atoms with Crippen LogP contribution in [0.4, 0.5) is 0 Å². The second kappa shape index (κ2) is 61.6. The summed E-state index contributed by atoms with van der Waals surface area (Å²) in [4.78, 5) is 37.6. The fourth-order valence-electron chi connectivity index (χ4n) is 10.1. The first-order valence-electron chi connectivity index (χ1n) is 34.2. The van der Waals surface area contributed by atoms with Gasteiger partial charge < -0.3 is 28.5 Å². The summed E-state index contributed by atoms with van der Waals surface area (Å²) in [6.07, 6.45) is 74.0. The second-order valence-electron chi connectivity index (χ2n) is 24.5. The van der Waals surface area contributed by atoms with Gasteiger partial charge in [0.1, 0.15) is 13.2 Å². The SMILES string of the molecule is CCCCCCC/C=C\C/C=C\CCCCCCCCCCCC(=O)OC(COC(=O)CCCCCCCCCCCCCCCCCCCCCCC/C=C\CCCCCCCCCC)COC(OCC[N+](C)(C)C)C(=O)O. The number of carbonyl (C=O) groups is 3. The number of hydrogen-bond donors (Lipinski definition) is 1. The summed E-state index contributed by atoms with van der Waals surface area (Å²) in [5, 5.41) is 9.73. The lowest BCUT2D eigenvalue weighted by molar-refractivity contribution is -0.870. The van der Waals surface area contributed by atoms with Crippen molar-refractivity contribution in [2.45, 2.75) is 347 Å². The van der Waals surface area contributed by atoms with Gasteiger partial charge in [-0.05, 0) is 70.6 Å². The van der Waals surface area contributed by atoms with Crippen molar-refractivity contribution in [3.63, 3.8) is 0 Å². The van der Waals surface area contributed by atoms with Gasteiger partial charge >= 0.3 is 17.9 Å². The molecule has 0 aliphatic rings. The molecule has 9 heteroatoms. The van der Waals surface area contributed by atoms with Crippen molar-refractivity contribution in [1.29, 1.82) is 0 Å². The Kier molecular flexibility index (Phi) is 59.6. The summed E-state index contributed by atoms with van der Waals surface area (Å²) in [5.41, 5.74) is 0. The van der Waals surface area contributed by atoms with Crippen LogP contribution < -0.4 is 0 Å². The molecule has 464 valence electrons. The molecule has 0 aromatic carbocycles. The maximum atomic E-state index is 12.9. The van der Waals surface area contributed by atoms with Crippen LogP contribution in [0.25, 0.3) is 0 Å². The molecule has 0 saturated carbocycles. The van der Waals surface area contributed by atoms with E-state index in [0.29, 0.717) is 17.4 Å². The molecule has 2 atom stereocenters. The molecule has 0 aromatic rings.